The second kappa shape index (κ2) is 21.6. The first-order chi connectivity index (χ1) is 29.2. The second-order valence-corrected chi connectivity index (χ2v) is 13.2. The Bertz CT molecular complexity index is 2570. The van der Waals surface area contributed by atoms with E-state index in [-0.39, 0.29) is 0 Å². The van der Waals surface area contributed by atoms with E-state index in [1.54, 1.807) is 53.2 Å². The van der Waals surface area contributed by atoms with Gasteiger partial charge in [-0.05, 0) is 97.8 Å². The molecule has 0 fully saturated rings. The standard InChI is InChI=1S/C46H40N4O6.2ClH.2Cu/c1-27-15-29-23-47-33-7-11-37(41(19-33)53-3)39-13-9-35(21-43(39)55-5)49-25-31-17-28(2)18-32(46(31)52)26-50-36-10-14-40(44(22-36)56-6)38-12-8-34(20-42(38)54-4)48-24-30(16-27)45(29)51;;;;/h7-26,51-52H,1-6H3;2*1H;;/q;;;2*+2. The van der Waals surface area contributed by atoms with Crippen LogP contribution in [0.25, 0.3) is 65.2 Å². The molecule has 0 saturated heterocycles. The molecule has 0 unspecified atom stereocenters. The van der Waals surface area contributed by atoms with Crippen LogP contribution in [-0.4, -0.2) is 58.6 Å². The Morgan fingerprint density at radius 3 is 0.800 bits per heavy atom. The van der Waals surface area contributed by atoms with Gasteiger partial charge in [-0.2, -0.15) is 0 Å². The minimum absolute atomic E-state index is 0.302. The van der Waals surface area contributed by atoms with Crippen LogP contribution < -0.4 is 18.9 Å². The zero-order chi connectivity index (χ0) is 43.3. The zero-order valence-electron chi connectivity index (χ0n) is 33.3. The molecular formula is C46H42Cl2Cu2N4O6+4. The number of ether oxygens (including phenoxy) is 4. The van der Waals surface area contributed by atoms with Gasteiger partial charge in [0.15, 0.2) is 0 Å². The molecule has 0 aliphatic heterocycles. The Hall–Kier alpha value is -5.58. The first kappa shape index (κ1) is 45.5. The molecule has 0 atom stereocenters. The predicted octanol–water partition coefficient (Wildman–Crippen LogP) is 11.0. The average molecular weight is 945 g/mol. The van der Waals surface area contributed by atoms with Gasteiger partial charge in [-0.15, -0.1) is 0 Å². The number of halogens is 2. The summed E-state index contributed by atoms with van der Waals surface area (Å²) in [7, 11) is 14.9. The van der Waals surface area contributed by atoms with Gasteiger partial charge >= 0.3 is 50.4 Å². The van der Waals surface area contributed by atoms with Crippen molar-refractivity contribution in [2.75, 3.05) is 28.4 Å². The Morgan fingerprint density at radius 1 is 0.383 bits per heavy atom. The van der Waals surface area contributed by atoms with E-state index >= 15 is 0 Å². The number of aromatic nitrogens is 4. The minimum atomic E-state index is 0.302. The Morgan fingerprint density at radius 2 is 0.600 bits per heavy atom. The van der Waals surface area contributed by atoms with Crippen LogP contribution in [0.4, 0.5) is 0 Å². The average Bonchev–Trinajstić information content (AvgIpc) is 3.29. The van der Waals surface area contributed by atoms with Crippen molar-refractivity contribution in [3.63, 3.8) is 0 Å². The van der Waals surface area contributed by atoms with E-state index in [4.69, 9.17) is 49.1 Å². The molecule has 10 heterocycles. The van der Waals surface area contributed by atoms with Crippen LogP contribution in [0.15, 0.2) is 122 Å². The van der Waals surface area contributed by atoms with Gasteiger partial charge in [0, 0.05) is 70.6 Å². The molecule has 16 aromatic rings. The SMILES string of the molecule is COc1cc2ccc1c1ccc(cc1OC)ncc1cc(C)cc(cnc3ccc(c(OC)c3)c3ccc(cc3OC)ncc3cc(C)cc(cn2)c3[OH2+])c1[OH2+].[Cl][Cu+].[Cl][Cu+]. The van der Waals surface area contributed by atoms with Crippen LogP contribution in [0.1, 0.15) is 11.1 Å². The van der Waals surface area contributed by atoms with Crippen LogP contribution in [0.2, 0.25) is 0 Å². The Kier molecular flexibility index (Phi) is 16.4. The molecular weight excluding hydrogens is 903 g/mol. The summed E-state index contributed by atoms with van der Waals surface area (Å²) >= 11 is 7.32. The molecule has 0 aliphatic carbocycles. The quantitative estimate of drug-likeness (QED) is 0.126. The Labute approximate surface area is 372 Å². The summed E-state index contributed by atoms with van der Waals surface area (Å²) in [6.07, 6.45) is 6.76. The molecule has 0 amide bonds. The van der Waals surface area contributed by atoms with Crippen LogP contribution in [-0.2, 0) is 30.2 Å². The molecule has 4 N–H and O–H groups in total. The van der Waals surface area contributed by atoms with Crippen molar-refractivity contribution in [3.8, 4) is 34.5 Å². The van der Waals surface area contributed by atoms with Crippen molar-refractivity contribution in [2.45, 2.75) is 13.8 Å². The van der Waals surface area contributed by atoms with Gasteiger partial charge in [0.1, 0.15) is 23.0 Å². The van der Waals surface area contributed by atoms with E-state index in [0.29, 0.717) is 78.1 Å². The van der Waals surface area contributed by atoms with E-state index in [1.165, 1.54) is 0 Å². The van der Waals surface area contributed by atoms with E-state index in [2.05, 4.69) is 50.4 Å². The molecule has 10 nitrogen and oxygen atoms in total. The van der Waals surface area contributed by atoms with Gasteiger partial charge in [-0.25, -0.2) is 0 Å². The Balaban J connectivity index is 0.00000166. The van der Waals surface area contributed by atoms with E-state index in [9.17, 15) is 0 Å². The third kappa shape index (κ3) is 10.6. The molecule has 0 spiro atoms. The van der Waals surface area contributed by atoms with Crippen molar-refractivity contribution in [1.29, 1.82) is 0 Å². The molecule has 314 valence electrons. The van der Waals surface area contributed by atoms with Gasteiger partial charge < -0.3 is 29.2 Å². The summed E-state index contributed by atoms with van der Waals surface area (Å²) in [4.78, 5) is 18.9. The van der Waals surface area contributed by atoms with Crippen molar-refractivity contribution < 1.29 is 59.4 Å². The number of aryl methyl sites for hydroxylation is 2. The van der Waals surface area contributed by atoms with Crippen LogP contribution >= 0.6 is 20.2 Å². The zero-order valence-corrected chi connectivity index (χ0v) is 36.7. The molecule has 60 heavy (non-hydrogen) atoms. The van der Waals surface area contributed by atoms with Gasteiger partial charge in [-0.1, -0.05) is 0 Å². The topological polar surface area (TPSA) is 134 Å². The maximum absolute atomic E-state index is 8.98. The number of methoxy groups -OCH3 is 4. The fourth-order valence-electron chi connectivity index (χ4n) is 6.60. The number of hydrogen-bond donors (Lipinski definition) is 0. The number of benzene rings is 6. The summed E-state index contributed by atoms with van der Waals surface area (Å²) in [5.41, 5.74) is 4.59. The molecule has 0 radical (unpaired) electrons. The predicted molar refractivity (Wildman–Crippen MR) is 238 cm³/mol. The summed E-state index contributed by atoms with van der Waals surface area (Å²) in [6, 6.07) is 30.5. The third-order valence-corrected chi connectivity index (χ3v) is 9.42. The summed E-state index contributed by atoms with van der Waals surface area (Å²) < 4.78 is 23.3. The van der Waals surface area contributed by atoms with Crippen LogP contribution in [0, 0.1) is 13.8 Å². The normalized spacial score (nSPS) is 10.3. The fourth-order valence-corrected chi connectivity index (χ4v) is 6.60. The molecule has 14 heteroatoms. The number of rotatable bonds is 4. The summed E-state index contributed by atoms with van der Waals surface area (Å²) in [6.45, 7) is 3.96. The van der Waals surface area contributed by atoms with Crippen LogP contribution in [0.5, 0.6) is 34.5 Å². The van der Waals surface area contributed by atoms with E-state index in [1.807, 2.05) is 111 Å². The molecule has 16 rings (SSSR count). The molecule has 10 aromatic heterocycles. The molecule has 12 bridgehead atoms. The first-order valence-corrected chi connectivity index (χ1v) is 20.6. The van der Waals surface area contributed by atoms with Gasteiger partial charge in [0.2, 0.25) is 0 Å². The second-order valence-electron chi connectivity index (χ2n) is 13.2. The first-order valence-electron chi connectivity index (χ1n) is 18.0. The number of hydrogen-bond acceptors (Lipinski definition) is 8. The molecule has 0 aliphatic rings. The van der Waals surface area contributed by atoms with Crippen molar-refractivity contribution in [2.24, 2.45) is 0 Å². The molecule has 6 aromatic carbocycles. The van der Waals surface area contributed by atoms with Crippen molar-refractivity contribution in [1.82, 2.24) is 19.9 Å². The van der Waals surface area contributed by atoms with E-state index in [0.717, 1.165) is 32.7 Å². The number of nitrogens with zero attached hydrogens (tertiary/aromatic N) is 4. The summed E-state index contributed by atoms with van der Waals surface area (Å²) in [5, 5.41) is 23.9. The van der Waals surface area contributed by atoms with Gasteiger partial charge in [0.25, 0.3) is 11.5 Å². The third-order valence-electron chi connectivity index (χ3n) is 9.42. The summed E-state index contributed by atoms with van der Waals surface area (Å²) in [5.74, 6) is 3.05. The molecule has 0 saturated carbocycles. The van der Waals surface area contributed by atoms with Gasteiger partial charge in [-0.3, -0.25) is 19.9 Å². The maximum atomic E-state index is 8.98. The van der Waals surface area contributed by atoms with Gasteiger partial charge in [0.05, 0.1) is 72.1 Å². The van der Waals surface area contributed by atoms with E-state index < -0.39 is 0 Å². The monoisotopic (exact) mass is 942 g/mol. The fraction of sp³-hybridized carbons (Fsp3) is 0.130. The van der Waals surface area contributed by atoms with Crippen molar-refractivity contribution in [3.05, 3.63) is 133 Å². The van der Waals surface area contributed by atoms with Crippen molar-refractivity contribution >= 4 is 85.4 Å². The van der Waals surface area contributed by atoms with Crippen LogP contribution in [0.3, 0.4) is 0 Å².